The van der Waals surface area contributed by atoms with Crippen molar-refractivity contribution in [3.8, 4) is 11.5 Å². The van der Waals surface area contributed by atoms with Crippen molar-refractivity contribution in [2.75, 3.05) is 31.7 Å². The van der Waals surface area contributed by atoms with Crippen LogP contribution in [0.1, 0.15) is 30.9 Å². The van der Waals surface area contributed by atoms with Gasteiger partial charge >= 0.3 is 0 Å². The highest BCUT2D eigenvalue weighted by molar-refractivity contribution is 5.80. The number of rotatable bonds is 7. The van der Waals surface area contributed by atoms with Crippen LogP contribution in [-0.4, -0.2) is 42.7 Å². The van der Waals surface area contributed by atoms with E-state index >= 15 is 0 Å². The van der Waals surface area contributed by atoms with Crippen molar-refractivity contribution in [3.05, 3.63) is 47.5 Å². The predicted molar refractivity (Wildman–Crippen MR) is 122 cm³/mol. The number of ether oxygens (including phenoxy) is 2. The lowest BCUT2D eigenvalue weighted by Gasteiger charge is -2.31. The van der Waals surface area contributed by atoms with Gasteiger partial charge in [-0.05, 0) is 62.1 Å². The minimum Gasteiger partial charge on any atom is -0.493 e. The number of benzene rings is 2. The van der Waals surface area contributed by atoms with Gasteiger partial charge in [0.15, 0.2) is 11.5 Å². The molecule has 7 nitrogen and oxygen atoms in total. The summed E-state index contributed by atoms with van der Waals surface area (Å²) in [6, 6.07) is 11.9. The summed E-state index contributed by atoms with van der Waals surface area (Å²) >= 11 is 0. The first-order chi connectivity index (χ1) is 15.1. The van der Waals surface area contributed by atoms with E-state index in [1.165, 1.54) is 5.56 Å². The maximum Gasteiger partial charge on any atom is 0.225 e. The lowest BCUT2D eigenvalue weighted by molar-refractivity contribution is -0.125. The third kappa shape index (κ3) is 4.76. The van der Waals surface area contributed by atoms with Crippen LogP contribution >= 0.6 is 0 Å². The SMILES string of the molecule is CCOc1cc(CNC(=O)C2CCCN(c3nc4ccc(C)cc4[nH]3)C2)ccc1OC. The highest BCUT2D eigenvalue weighted by Crippen LogP contribution is 2.28. The van der Waals surface area contributed by atoms with Gasteiger partial charge in [-0.3, -0.25) is 4.79 Å². The Morgan fingerprint density at radius 1 is 1.26 bits per heavy atom. The Morgan fingerprint density at radius 3 is 2.94 bits per heavy atom. The summed E-state index contributed by atoms with van der Waals surface area (Å²) < 4.78 is 11.0. The Balaban J connectivity index is 1.39. The second kappa shape index (κ2) is 9.29. The number of hydrogen-bond acceptors (Lipinski definition) is 5. The number of piperidine rings is 1. The first-order valence-corrected chi connectivity index (χ1v) is 10.9. The molecule has 2 N–H and O–H groups in total. The quantitative estimate of drug-likeness (QED) is 0.605. The molecular formula is C24H30N4O3. The first kappa shape index (κ1) is 21.0. The summed E-state index contributed by atoms with van der Waals surface area (Å²) in [7, 11) is 1.62. The number of fused-ring (bicyclic) bond motifs is 1. The fourth-order valence-corrected chi connectivity index (χ4v) is 4.08. The van der Waals surface area contributed by atoms with E-state index in [1.807, 2.05) is 31.2 Å². The highest BCUT2D eigenvalue weighted by atomic mass is 16.5. The van der Waals surface area contributed by atoms with Crippen LogP contribution in [-0.2, 0) is 11.3 Å². The molecule has 7 heteroatoms. The van der Waals surface area contributed by atoms with E-state index in [2.05, 4.69) is 34.3 Å². The summed E-state index contributed by atoms with van der Waals surface area (Å²) in [6.07, 6.45) is 1.85. The molecule has 1 aliphatic rings. The molecule has 164 valence electrons. The molecule has 0 radical (unpaired) electrons. The van der Waals surface area contributed by atoms with Gasteiger partial charge in [0, 0.05) is 19.6 Å². The van der Waals surface area contributed by atoms with Crippen molar-refractivity contribution < 1.29 is 14.3 Å². The molecule has 4 rings (SSSR count). The molecule has 0 bridgehead atoms. The maximum absolute atomic E-state index is 12.9. The number of imidazole rings is 1. The number of carbonyl (C=O) groups excluding carboxylic acids is 1. The number of hydrogen-bond donors (Lipinski definition) is 2. The van der Waals surface area contributed by atoms with Gasteiger partial charge in [0.1, 0.15) is 0 Å². The van der Waals surface area contributed by atoms with E-state index in [0.717, 1.165) is 41.9 Å². The number of anilines is 1. The Hall–Kier alpha value is -3.22. The van der Waals surface area contributed by atoms with Gasteiger partial charge in [-0.25, -0.2) is 4.98 Å². The molecule has 1 saturated heterocycles. The molecule has 2 aromatic carbocycles. The van der Waals surface area contributed by atoms with Gasteiger partial charge in [0.2, 0.25) is 11.9 Å². The molecule has 1 atom stereocenters. The molecule has 2 heterocycles. The smallest absolute Gasteiger partial charge is 0.225 e. The largest absolute Gasteiger partial charge is 0.493 e. The maximum atomic E-state index is 12.9. The number of nitrogens with zero attached hydrogens (tertiary/aromatic N) is 2. The summed E-state index contributed by atoms with van der Waals surface area (Å²) in [4.78, 5) is 23.2. The van der Waals surface area contributed by atoms with Crippen molar-refractivity contribution in [1.82, 2.24) is 15.3 Å². The minimum absolute atomic E-state index is 0.0618. The van der Waals surface area contributed by atoms with Crippen LogP contribution in [0.5, 0.6) is 11.5 Å². The monoisotopic (exact) mass is 422 g/mol. The zero-order valence-corrected chi connectivity index (χ0v) is 18.4. The fourth-order valence-electron chi connectivity index (χ4n) is 4.08. The van der Waals surface area contributed by atoms with Gasteiger partial charge in [-0.2, -0.15) is 0 Å². The minimum atomic E-state index is -0.0618. The zero-order chi connectivity index (χ0) is 21.8. The normalized spacial score (nSPS) is 16.4. The lowest BCUT2D eigenvalue weighted by atomic mass is 9.97. The number of methoxy groups -OCH3 is 1. The van der Waals surface area contributed by atoms with Crippen LogP contribution in [0.2, 0.25) is 0 Å². The second-order valence-electron chi connectivity index (χ2n) is 8.00. The van der Waals surface area contributed by atoms with E-state index < -0.39 is 0 Å². The summed E-state index contributed by atoms with van der Waals surface area (Å²) in [6.45, 7) is 6.60. The van der Waals surface area contributed by atoms with Crippen molar-refractivity contribution in [2.24, 2.45) is 5.92 Å². The van der Waals surface area contributed by atoms with Gasteiger partial charge in [-0.15, -0.1) is 0 Å². The van der Waals surface area contributed by atoms with Gasteiger partial charge in [0.25, 0.3) is 0 Å². The number of carbonyl (C=O) groups is 1. The Labute approximate surface area is 182 Å². The number of H-pyrrole nitrogens is 1. The molecule has 0 spiro atoms. The first-order valence-electron chi connectivity index (χ1n) is 10.9. The third-order valence-corrected chi connectivity index (χ3v) is 5.71. The average Bonchev–Trinajstić information content (AvgIpc) is 3.21. The number of aryl methyl sites for hydroxylation is 1. The molecule has 1 unspecified atom stereocenters. The van der Waals surface area contributed by atoms with Crippen LogP contribution in [0.25, 0.3) is 11.0 Å². The highest BCUT2D eigenvalue weighted by Gasteiger charge is 2.27. The molecule has 3 aromatic rings. The molecule has 1 aliphatic heterocycles. The van der Waals surface area contributed by atoms with Crippen LogP contribution < -0.4 is 19.7 Å². The topological polar surface area (TPSA) is 79.5 Å². The van der Waals surface area contributed by atoms with Gasteiger partial charge in [-0.1, -0.05) is 12.1 Å². The molecule has 1 aromatic heterocycles. The van der Waals surface area contributed by atoms with Crippen LogP contribution in [0.4, 0.5) is 5.95 Å². The molecule has 0 saturated carbocycles. The number of aromatic amines is 1. The van der Waals surface area contributed by atoms with Crippen molar-refractivity contribution in [2.45, 2.75) is 33.2 Å². The zero-order valence-electron chi connectivity index (χ0n) is 18.4. The van der Waals surface area contributed by atoms with Gasteiger partial charge in [0.05, 0.1) is 30.7 Å². The molecular weight excluding hydrogens is 392 g/mol. The molecule has 0 aliphatic carbocycles. The third-order valence-electron chi connectivity index (χ3n) is 5.71. The lowest BCUT2D eigenvalue weighted by Crippen LogP contribution is -2.43. The summed E-state index contributed by atoms with van der Waals surface area (Å²) in [5.41, 5.74) is 4.17. The second-order valence-corrected chi connectivity index (χ2v) is 8.00. The van der Waals surface area contributed by atoms with E-state index in [1.54, 1.807) is 7.11 Å². The fraction of sp³-hybridized carbons (Fsp3) is 0.417. The van der Waals surface area contributed by atoms with E-state index in [0.29, 0.717) is 31.2 Å². The molecule has 1 fully saturated rings. The number of aromatic nitrogens is 2. The van der Waals surface area contributed by atoms with E-state index in [9.17, 15) is 4.79 Å². The van der Waals surface area contributed by atoms with E-state index in [-0.39, 0.29) is 11.8 Å². The van der Waals surface area contributed by atoms with Gasteiger partial charge < -0.3 is 24.7 Å². The van der Waals surface area contributed by atoms with Crippen molar-refractivity contribution in [1.29, 1.82) is 0 Å². The van der Waals surface area contributed by atoms with Crippen molar-refractivity contribution >= 4 is 22.9 Å². The number of nitrogens with one attached hydrogen (secondary N) is 2. The van der Waals surface area contributed by atoms with Crippen molar-refractivity contribution in [3.63, 3.8) is 0 Å². The standard InChI is InChI=1S/C24H30N4O3/c1-4-31-22-13-17(8-10-21(22)30-3)14-25-23(29)18-6-5-11-28(15-18)24-26-19-9-7-16(2)12-20(19)27-24/h7-10,12-13,18H,4-6,11,14-15H2,1-3H3,(H,25,29)(H,26,27). The molecule has 31 heavy (non-hydrogen) atoms. The van der Waals surface area contributed by atoms with Crippen LogP contribution in [0, 0.1) is 12.8 Å². The van der Waals surface area contributed by atoms with Crippen LogP contribution in [0.3, 0.4) is 0 Å². The summed E-state index contributed by atoms with van der Waals surface area (Å²) in [5, 5.41) is 3.09. The Kier molecular flexibility index (Phi) is 6.30. The predicted octanol–water partition coefficient (Wildman–Crippen LogP) is 3.81. The Morgan fingerprint density at radius 2 is 2.13 bits per heavy atom. The summed E-state index contributed by atoms with van der Waals surface area (Å²) in [5.74, 6) is 2.25. The molecule has 1 amide bonds. The van der Waals surface area contributed by atoms with Crippen LogP contribution in [0.15, 0.2) is 36.4 Å². The van der Waals surface area contributed by atoms with E-state index in [4.69, 9.17) is 14.5 Å². The average molecular weight is 423 g/mol. The Bertz CT molecular complexity index is 1060. The number of amides is 1.